The minimum Gasteiger partial charge on any atom is -0.474 e. The lowest BCUT2D eigenvalue weighted by molar-refractivity contribution is 0.129. The molecule has 1 aliphatic heterocycles. The molecule has 3 rings (SSSR count). The highest BCUT2D eigenvalue weighted by Crippen LogP contribution is 2.25. The van der Waals surface area contributed by atoms with Crippen LogP contribution in [0.4, 0.5) is 4.39 Å². The summed E-state index contributed by atoms with van der Waals surface area (Å²) >= 11 is 0. The van der Waals surface area contributed by atoms with Crippen LogP contribution in [-0.4, -0.2) is 41.9 Å². The number of benzene rings is 1. The van der Waals surface area contributed by atoms with E-state index in [0.29, 0.717) is 43.2 Å². The number of piperidine rings is 1. The predicted octanol–water partition coefficient (Wildman–Crippen LogP) is 2.46. The van der Waals surface area contributed by atoms with Gasteiger partial charge in [-0.15, -0.1) is 0 Å². The van der Waals surface area contributed by atoms with Gasteiger partial charge in [0.1, 0.15) is 17.7 Å². The van der Waals surface area contributed by atoms with E-state index in [-0.39, 0.29) is 11.0 Å². The summed E-state index contributed by atoms with van der Waals surface area (Å²) in [6.07, 6.45) is 2.69. The lowest BCUT2D eigenvalue weighted by atomic mass is 10.1. The Morgan fingerprint density at radius 3 is 2.56 bits per heavy atom. The molecule has 1 aromatic carbocycles. The summed E-state index contributed by atoms with van der Waals surface area (Å²) in [5, 5.41) is 0. The normalized spacial score (nSPS) is 16.8. The van der Waals surface area contributed by atoms with Gasteiger partial charge < -0.3 is 4.74 Å². The molecule has 1 aromatic heterocycles. The summed E-state index contributed by atoms with van der Waals surface area (Å²) in [5.41, 5.74) is 0.412. The first-order valence-corrected chi connectivity index (χ1v) is 9.53. The average molecular weight is 365 g/mol. The van der Waals surface area contributed by atoms with E-state index in [4.69, 9.17) is 4.74 Å². The maximum atomic E-state index is 13.2. The number of ether oxygens (including phenoxy) is 1. The highest BCUT2D eigenvalue weighted by Gasteiger charge is 2.31. The quantitative estimate of drug-likeness (QED) is 0.832. The van der Waals surface area contributed by atoms with Crippen molar-refractivity contribution in [3.63, 3.8) is 0 Å². The topological polar surface area (TPSA) is 72.4 Å². The zero-order chi connectivity index (χ0) is 18.0. The van der Waals surface area contributed by atoms with Crippen molar-refractivity contribution >= 4 is 10.0 Å². The van der Waals surface area contributed by atoms with E-state index in [1.54, 1.807) is 26.1 Å². The fourth-order valence-electron chi connectivity index (χ4n) is 2.90. The van der Waals surface area contributed by atoms with Gasteiger partial charge in [0.2, 0.25) is 15.9 Å². The summed E-state index contributed by atoms with van der Waals surface area (Å²) in [6, 6.07) is 5.43. The third-order valence-electron chi connectivity index (χ3n) is 4.19. The molecule has 8 heteroatoms. The Kier molecular flexibility index (Phi) is 5.01. The van der Waals surface area contributed by atoms with Gasteiger partial charge >= 0.3 is 0 Å². The molecule has 0 radical (unpaired) electrons. The molecule has 134 valence electrons. The van der Waals surface area contributed by atoms with Crippen LogP contribution in [0.25, 0.3) is 0 Å². The SMILES string of the molecule is Cc1nccc(OC2CCN(S(=O)(=O)c3ccc(F)cc3C)CC2)n1. The lowest BCUT2D eigenvalue weighted by Crippen LogP contribution is -2.42. The Labute approximate surface area is 146 Å². The molecule has 0 saturated carbocycles. The van der Waals surface area contributed by atoms with Crippen LogP contribution >= 0.6 is 0 Å². The summed E-state index contributed by atoms with van der Waals surface area (Å²) < 4.78 is 46.0. The number of nitrogens with zero attached hydrogens (tertiary/aromatic N) is 3. The third kappa shape index (κ3) is 3.96. The number of halogens is 1. The van der Waals surface area contributed by atoms with Crippen molar-refractivity contribution in [3.05, 3.63) is 47.7 Å². The molecule has 25 heavy (non-hydrogen) atoms. The molecule has 6 nitrogen and oxygen atoms in total. The van der Waals surface area contributed by atoms with Gasteiger partial charge in [0.05, 0.1) is 4.90 Å². The smallest absolute Gasteiger partial charge is 0.243 e. The number of hydrogen-bond acceptors (Lipinski definition) is 5. The molecule has 0 unspecified atom stereocenters. The molecular weight excluding hydrogens is 345 g/mol. The van der Waals surface area contributed by atoms with Gasteiger partial charge in [0.25, 0.3) is 0 Å². The first-order chi connectivity index (χ1) is 11.9. The minimum atomic E-state index is -3.63. The Bertz CT molecular complexity index is 865. The van der Waals surface area contributed by atoms with Crippen LogP contribution in [0.2, 0.25) is 0 Å². The number of aryl methyl sites for hydroxylation is 2. The second-order valence-electron chi connectivity index (χ2n) is 6.07. The molecule has 1 saturated heterocycles. The van der Waals surface area contributed by atoms with Crippen LogP contribution in [0.1, 0.15) is 24.2 Å². The number of sulfonamides is 1. The molecule has 2 heterocycles. The van der Waals surface area contributed by atoms with E-state index in [0.717, 1.165) is 0 Å². The average Bonchev–Trinajstić information content (AvgIpc) is 2.55. The Balaban J connectivity index is 1.67. The second kappa shape index (κ2) is 7.05. The molecular formula is C17H20FN3O3S. The zero-order valence-electron chi connectivity index (χ0n) is 14.1. The molecule has 1 aliphatic rings. The van der Waals surface area contributed by atoms with E-state index < -0.39 is 15.8 Å². The standard InChI is InChI=1S/C17H20FN3O3S/c1-12-11-14(18)3-4-16(12)25(22,23)21-9-6-15(7-10-21)24-17-5-8-19-13(2)20-17/h3-5,8,11,15H,6-7,9-10H2,1-2H3. The predicted molar refractivity (Wildman–Crippen MR) is 90.3 cm³/mol. The number of hydrogen-bond donors (Lipinski definition) is 0. The fraction of sp³-hybridized carbons (Fsp3) is 0.412. The van der Waals surface area contributed by atoms with Crippen molar-refractivity contribution < 1.29 is 17.5 Å². The van der Waals surface area contributed by atoms with E-state index in [2.05, 4.69) is 9.97 Å². The van der Waals surface area contributed by atoms with Crippen molar-refractivity contribution in [1.82, 2.24) is 14.3 Å². The summed E-state index contributed by atoms with van der Waals surface area (Å²) in [6.45, 7) is 4.10. The maximum absolute atomic E-state index is 13.2. The Hall–Kier alpha value is -2.06. The monoisotopic (exact) mass is 365 g/mol. The van der Waals surface area contributed by atoms with Crippen molar-refractivity contribution in [3.8, 4) is 5.88 Å². The highest BCUT2D eigenvalue weighted by molar-refractivity contribution is 7.89. The van der Waals surface area contributed by atoms with E-state index >= 15 is 0 Å². The molecule has 0 bridgehead atoms. The van der Waals surface area contributed by atoms with Crippen LogP contribution in [0.15, 0.2) is 35.4 Å². The van der Waals surface area contributed by atoms with Gasteiger partial charge in [-0.05, 0) is 50.5 Å². The molecule has 0 aliphatic carbocycles. The Morgan fingerprint density at radius 1 is 1.20 bits per heavy atom. The molecule has 0 N–H and O–H groups in total. The second-order valence-corrected chi connectivity index (χ2v) is 7.98. The van der Waals surface area contributed by atoms with E-state index in [1.807, 2.05) is 0 Å². The first kappa shape index (κ1) is 17.8. The molecule has 2 aromatic rings. The van der Waals surface area contributed by atoms with Crippen molar-refractivity contribution in [1.29, 1.82) is 0 Å². The summed E-state index contributed by atoms with van der Waals surface area (Å²) in [5.74, 6) is 0.691. The molecule has 0 atom stereocenters. The summed E-state index contributed by atoms with van der Waals surface area (Å²) in [4.78, 5) is 8.37. The first-order valence-electron chi connectivity index (χ1n) is 8.09. The summed E-state index contributed by atoms with van der Waals surface area (Å²) in [7, 11) is -3.63. The number of rotatable bonds is 4. The van der Waals surface area contributed by atoms with Gasteiger partial charge in [-0.2, -0.15) is 9.29 Å². The van der Waals surface area contributed by atoms with Gasteiger partial charge in [0, 0.05) is 25.4 Å². The van der Waals surface area contributed by atoms with Gasteiger partial charge in [-0.25, -0.2) is 17.8 Å². The van der Waals surface area contributed by atoms with Crippen molar-refractivity contribution in [2.45, 2.75) is 37.7 Å². The maximum Gasteiger partial charge on any atom is 0.243 e. The van der Waals surface area contributed by atoms with Crippen LogP contribution in [0, 0.1) is 19.7 Å². The van der Waals surface area contributed by atoms with Crippen LogP contribution in [0.5, 0.6) is 5.88 Å². The van der Waals surface area contributed by atoms with Gasteiger partial charge in [-0.1, -0.05) is 0 Å². The van der Waals surface area contributed by atoms with Crippen molar-refractivity contribution in [2.75, 3.05) is 13.1 Å². The Morgan fingerprint density at radius 2 is 1.92 bits per heavy atom. The zero-order valence-corrected chi connectivity index (χ0v) is 15.0. The molecule has 0 spiro atoms. The largest absolute Gasteiger partial charge is 0.474 e. The van der Waals surface area contributed by atoms with Crippen LogP contribution < -0.4 is 4.74 Å². The van der Waals surface area contributed by atoms with E-state index in [1.165, 1.54) is 22.5 Å². The lowest BCUT2D eigenvalue weighted by Gasteiger charge is -2.31. The van der Waals surface area contributed by atoms with Crippen LogP contribution in [0.3, 0.4) is 0 Å². The fourth-order valence-corrected chi connectivity index (χ4v) is 4.58. The van der Waals surface area contributed by atoms with Crippen LogP contribution in [-0.2, 0) is 10.0 Å². The minimum absolute atomic E-state index is 0.0879. The number of aromatic nitrogens is 2. The molecule has 0 amide bonds. The molecule has 1 fully saturated rings. The van der Waals surface area contributed by atoms with Crippen molar-refractivity contribution in [2.24, 2.45) is 0 Å². The third-order valence-corrected chi connectivity index (χ3v) is 6.25. The van der Waals surface area contributed by atoms with Gasteiger partial charge in [-0.3, -0.25) is 0 Å². The highest BCUT2D eigenvalue weighted by atomic mass is 32.2. The van der Waals surface area contributed by atoms with E-state index in [9.17, 15) is 12.8 Å². The van der Waals surface area contributed by atoms with Gasteiger partial charge in [0.15, 0.2) is 0 Å².